The van der Waals surface area contributed by atoms with Crippen LogP contribution in [0.3, 0.4) is 0 Å². The molecule has 1 amide bonds. The van der Waals surface area contributed by atoms with Gasteiger partial charge >= 0.3 is 0 Å². The second kappa shape index (κ2) is 5.85. The van der Waals surface area contributed by atoms with E-state index in [0.717, 1.165) is 32.2 Å². The molecule has 100 valence electrons. The second-order valence-electron chi connectivity index (χ2n) is 5.33. The van der Waals surface area contributed by atoms with Gasteiger partial charge in [0.05, 0.1) is 6.54 Å². The van der Waals surface area contributed by atoms with E-state index >= 15 is 0 Å². The summed E-state index contributed by atoms with van der Waals surface area (Å²) in [5, 5.41) is 2.09. The maximum atomic E-state index is 12.3. The van der Waals surface area contributed by atoms with Crippen LogP contribution in [0.1, 0.15) is 36.1 Å². The minimum absolute atomic E-state index is 0.190. The maximum absolute atomic E-state index is 12.3. The number of nitrogens with two attached hydrogens (primary N) is 1. The van der Waals surface area contributed by atoms with Crippen LogP contribution < -0.4 is 5.73 Å². The van der Waals surface area contributed by atoms with Gasteiger partial charge in [-0.25, -0.2) is 0 Å². The molecule has 0 bridgehead atoms. The van der Waals surface area contributed by atoms with E-state index in [4.69, 9.17) is 5.73 Å². The van der Waals surface area contributed by atoms with Crippen molar-refractivity contribution in [1.82, 2.24) is 4.90 Å². The molecular formula is C14H22N2OS. The molecule has 0 aliphatic heterocycles. The number of rotatable bonds is 3. The number of nitrogens with zero attached hydrogens (tertiary/aromatic N) is 1. The van der Waals surface area contributed by atoms with Gasteiger partial charge in [0.2, 0.25) is 5.91 Å². The van der Waals surface area contributed by atoms with E-state index < -0.39 is 0 Å². The predicted molar refractivity (Wildman–Crippen MR) is 75.5 cm³/mol. The Morgan fingerprint density at radius 2 is 2.11 bits per heavy atom. The Morgan fingerprint density at radius 1 is 1.44 bits per heavy atom. The standard InChI is InChI=1S/C14H22N2OS/c1-10-7-8-18-13(10)9-16(2)14(17)11-3-5-12(15)6-4-11/h7-8,11-12H,3-6,9,15H2,1-2H3. The van der Waals surface area contributed by atoms with Crippen molar-refractivity contribution in [2.24, 2.45) is 11.7 Å². The van der Waals surface area contributed by atoms with E-state index in [1.807, 2.05) is 11.9 Å². The second-order valence-corrected chi connectivity index (χ2v) is 6.33. The monoisotopic (exact) mass is 266 g/mol. The third kappa shape index (κ3) is 3.12. The van der Waals surface area contributed by atoms with Crippen LogP contribution in [-0.4, -0.2) is 23.9 Å². The normalized spacial score (nSPS) is 23.9. The topological polar surface area (TPSA) is 46.3 Å². The van der Waals surface area contributed by atoms with Crippen LogP contribution in [-0.2, 0) is 11.3 Å². The summed E-state index contributed by atoms with van der Waals surface area (Å²) in [7, 11) is 1.91. The average molecular weight is 266 g/mol. The molecule has 1 fully saturated rings. The Bertz CT molecular complexity index is 408. The van der Waals surface area contributed by atoms with Crippen molar-refractivity contribution in [3.63, 3.8) is 0 Å². The minimum Gasteiger partial charge on any atom is -0.340 e. The summed E-state index contributed by atoms with van der Waals surface area (Å²) >= 11 is 1.73. The van der Waals surface area contributed by atoms with Crippen LogP contribution in [0.5, 0.6) is 0 Å². The Kier molecular flexibility index (Phi) is 4.40. The molecule has 0 saturated heterocycles. The maximum Gasteiger partial charge on any atom is 0.225 e. The molecule has 1 aliphatic rings. The van der Waals surface area contributed by atoms with E-state index in [2.05, 4.69) is 18.4 Å². The quantitative estimate of drug-likeness (QED) is 0.914. The van der Waals surface area contributed by atoms with Crippen LogP contribution in [0, 0.1) is 12.8 Å². The van der Waals surface area contributed by atoms with Gasteiger partial charge in [-0.1, -0.05) is 0 Å². The number of carbonyl (C=O) groups excluding carboxylic acids is 1. The summed E-state index contributed by atoms with van der Waals surface area (Å²) in [4.78, 5) is 15.5. The van der Waals surface area contributed by atoms with E-state index in [0.29, 0.717) is 6.04 Å². The summed E-state index contributed by atoms with van der Waals surface area (Å²) < 4.78 is 0. The predicted octanol–water partition coefficient (Wildman–Crippen LogP) is 2.53. The average Bonchev–Trinajstić information content (AvgIpc) is 2.75. The molecule has 1 aromatic rings. The van der Waals surface area contributed by atoms with Crippen molar-refractivity contribution in [1.29, 1.82) is 0 Å². The van der Waals surface area contributed by atoms with Gasteiger partial charge in [0.25, 0.3) is 0 Å². The van der Waals surface area contributed by atoms with Gasteiger partial charge in [0, 0.05) is 23.9 Å². The summed E-state index contributed by atoms with van der Waals surface area (Å²) in [6.45, 7) is 2.84. The fourth-order valence-electron chi connectivity index (χ4n) is 2.54. The third-order valence-electron chi connectivity index (χ3n) is 3.85. The van der Waals surface area contributed by atoms with Gasteiger partial charge in [0.15, 0.2) is 0 Å². The number of hydrogen-bond donors (Lipinski definition) is 1. The number of amides is 1. The zero-order valence-electron chi connectivity index (χ0n) is 11.2. The molecule has 18 heavy (non-hydrogen) atoms. The SMILES string of the molecule is Cc1ccsc1CN(C)C(=O)C1CCC(N)CC1. The molecule has 0 spiro atoms. The van der Waals surface area contributed by atoms with Gasteiger partial charge in [-0.15, -0.1) is 11.3 Å². The molecule has 4 heteroatoms. The smallest absolute Gasteiger partial charge is 0.225 e. The van der Waals surface area contributed by atoms with Crippen molar-refractivity contribution < 1.29 is 4.79 Å². The van der Waals surface area contributed by atoms with Crippen LogP contribution in [0.15, 0.2) is 11.4 Å². The highest BCUT2D eigenvalue weighted by Gasteiger charge is 2.27. The Labute approximate surface area is 113 Å². The molecule has 2 rings (SSSR count). The number of thiophene rings is 1. The molecule has 0 aromatic carbocycles. The first-order valence-corrected chi connectivity index (χ1v) is 7.49. The van der Waals surface area contributed by atoms with E-state index in [1.54, 1.807) is 11.3 Å². The zero-order chi connectivity index (χ0) is 13.1. The van der Waals surface area contributed by atoms with Crippen LogP contribution in [0.25, 0.3) is 0 Å². The lowest BCUT2D eigenvalue weighted by Crippen LogP contribution is -2.37. The molecule has 1 saturated carbocycles. The highest BCUT2D eigenvalue weighted by atomic mass is 32.1. The molecule has 1 heterocycles. The lowest BCUT2D eigenvalue weighted by molar-refractivity contribution is -0.135. The molecule has 3 nitrogen and oxygen atoms in total. The molecule has 0 radical (unpaired) electrons. The molecule has 2 N–H and O–H groups in total. The molecule has 0 atom stereocenters. The fraction of sp³-hybridized carbons (Fsp3) is 0.643. The Hall–Kier alpha value is -0.870. The van der Waals surface area contributed by atoms with Crippen molar-refractivity contribution in [3.05, 3.63) is 21.9 Å². The summed E-state index contributed by atoms with van der Waals surface area (Å²) in [5.41, 5.74) is 7.16. The molecule has 1 aromatic heterocycles. The van der Waals surface area contributed by atoms with Gasteiger partial charge in [-0.2, -0.15) is 0 Å². The summed E-state index contributed by atoms with van der Waals surface area (Å²) in [6, 6.07) is 2.41. The van der Waals surface area contributed by atoms with Crippen LogP contribution >= 0.6 is 11.3 Å². The first-order valence-electron chi connectivity index (χ1n) is 6.61. The number of carbonyl (C=O) groups is 1. The van der Waals surface area contributed by atoms with Gasteiger partial charge in [-0.3, -0.25) is 4.79 Å². The Balaban J connectivity index is 1.91. The molecule has 1 aliphatic carbocycles. The third-order valence-corrected chi connectivity index (χ3v) is 4.85. The van der Waals surface area contributed by atoms with Crippen molar-refractivity contribution >= 4 is 17.2 Å². The first kappa shape index (κ1) is 13.6. The molecular weight excluding hydrogens is 244 g/mol. The number of hydrogen-bond acceptors (Lipinski definition) is 3. The summed E-state index contributed by atoms with van der Waals surface area (Å²) in [5.74, 6) is 0.477. The van der Waals surface area contributed by atoms with E-state index in [9.17, 15) is 4.79 Å². The minimum atomic E-state index is 0.190. The molecule has 0 unspecified atom stereocenters. The van der Waals surface area contributed by atoms with Crippen molar-refractivity contribution in [3.8, 4) is 0 Å². The fourth-order valence-corrected chi connectivity index (χ4v) is 3.50. The lowest BCUT2D eigenvalue weighted by atomic mass is 9.85. The zero-order valence-corrected chi connectivity index (χ0v) is 12.0. The van der Waals surface area contributed by atoms with E-state index in [1.165, 1.54) is 10.4 Å². The van der Waals surface area contributed by atoms with Crippen molar-refractivity contribution in [2.45, 2.75) is 45.2 Å². The highest BCUT2D eigenvalue weighted by molar-refractivity contribution is 7.10. The van der Waals surface area contributed by atoms with Crippen LogP contribution in [0.4, 0.5) is 0 Å². The van der Waals surface area contributed by atoms with Crippen molar-refractivity contribution in [2.75, 3.05) is 7.05 Å². The largest absolute Gasteiger partial charge is 0.340 e. The van der Waals surface area contributed by atoms with E-state index in [-0.39, 0.29) is 11.8 Å². The highest BCUT2D eigenvalue weighted by Crippen LogP contribution is 2.26. The Morgan fingerprint density at radius 3 is 2.67 bits per heavy atom. The van der Waals surface area contributed by atoms with Crippen LogP contribution in [0.2, 0.25) is 0 Å². The lowest BCUT2D eigenvalue weighted by Gasteiger charge is -2.28. The number of aryl methyl sites for hydroxylation is 1. The summed E-state index contributed by atoms with van der Waals surface area (Å²) in [6.07, 6.45) is 3.88. The first-order chi connectivity index (χ1) is 8.58. The van der Waals surface area contributed by atoms with Gasteiger partial charge < -0.3 is 10.6 Å². The van der Waals surface area contributed by atoms with Gasteiger partial charge in [-0.05, 0) is 49.6 Å². The van der Waals surface area contributed by atoms with Gasteiger partial charge in [0.1, 0.15) is 0 Å².